The average molecular weight is 511 g/mol. The summed E-state index contributed by atoms with van der Waals surface area (Å²) < 4.78 is 1.85. The summed E-state index contributed by atoms with van der Waals surface area (Å²) in [6.45, 7) is 1.27. The van der Waals surface area contributed by atoms with E-state index < -0.39 is 6.10 Å². The number of para-hydroxylation sites is 2. The van der Waals surface area contributed by atoms with Crippen LogP contribution in [-0.4, -0.2) is 50.6 Å². The van der Waals surface area contributed by atoms with Gasteiger partial charge >= 0.3 is 5.69 Å². The molecule has 4 aromatic rings. The Morgan fingerprint density at radius 2 is 1.61 bits per heavy atom. The molecule has 0 unspecified atom stereocenters. The van der Waals surface area contributed by atoms with E-state index in [1.54, 1.807) is 0 Å². The highest BCUT2D eigenvalue weighted by molar-refractivity contribution is 5.94. The minimum Gasteiger partial charge on any atom is -0.387 e. The molecule has 3 N–H and O–H groups in total. The third-order valence-electron chi connectivity index (χ3n) is 8.22. The maximum Gasteiger partial charge on any atom is 0.326 e. The third-order valence-corrected chi connectivity index (χ3v) is 8.22. The second kappa shape index (κ2) is 10.6. The number of aromatic amines is 1. The third kappa shape index (κ3) is 4.91. The van der Waals surface area contributed by atoms with Crippen molar-refractivity contribution in [3.05, 3.63) is 106 Å². The van der Waals surface area contributed by atoms with E-state index in [2.05, 4.69) is 10.3 Å². The topological polar surface area (TPSA) is 90.4 Å². The molecular weight excluding hydrogens is 476 g/mol. The second-order valence-electron chi connectivity index (χ2n) is 10.6. The number of H-pyrrole nitrogens is 1. The number of rotatable bonds is 6. The predicted octanol–water partition coefficient (Wildman–Crippen LogP) is 4.20. The Morgan fingerprint density at radius 1 is 0.895 bits per heavy atom. The minimum absolute atomic E-state index is 0.0475. The van der Waals surface area contributed by atoms with Crippen LogP contribution >= 0.6 is 0 Å². The van der Waals surface area contributed by atoms with Crippen molar-refractivity contribution < 1.29 is 9.90 Å². The molecule has 0 aliphatic carbocycles. The second-order valence-corrected chi connectivity index (χ2v) is 10.6. The van der Waals surface area contributed by atoms with Crippen LogP contribution in [0.4, 0.5) is 0 Å². The van der Waals surface area contributed by atoms with Crippen molar-refractivity contribution in [2.45, 2.75) is 56.3 Å². The van der Waals surface area contributed by atoms with Crippen LogP contribution in [0.25, 0.3) is 11.0 Å². The number of carbonyl (C=O) groups excluding carboxylic acids is 1. The Labute approximate surface area is 222 Å². The molecule has 2 aliphatic heterocycles. The highest BCUT2D eigenvalue weighted by atomic mass is 16.3. The van der Waals surface area contributed by atoms with Gasteiger partial charge in [-0.3, -0.25) is 9.36 Å². The summed E-state index contributed by atoms with van der Waals surface area (Å²) in [5, 5.41) is 14.3. The van der Waals surface area contributed by atoms with Gasteiger partial charge in [0, 0.05) is 36.8 Å². The number of fused-ring (bicyclic) bond motifs is 1. The van der Waals surface area contributed by atoms with E-state index in [0.717, 1.165) is 48.7 Å². The number of benzene rings is 3. The molecule has 2 saturated heterocycles. The molecule has 7 heteroatoms. The number of carbonyl (C=O) groups is 1. The summed E-state index contributed by atoms with van der Waals surface area (Å²) in [6, 6.07) is 26.0. The molecule has 1 aromatic heterocycles. The molecular formula is C31H34N4O3. The first-order valence-corrected chi connectivity index (χ1v) is 13.6. The summed E-state index contributed by atoms with van der Waals surface area (Å²) >= 11 is 0. The van der Waals surface area contributed by atoms with Gasteiger partial charge in [0.2, 0.25) is 0 Å². The Kier molecular flexibility index (Phi) is 6.87. The fourth-order valence-electron chi connectivity index (χ4n) is 6.16. The van der Waals surface area contributed by atoms with Gasteiger partial charge < -0.3 is 20.3 Å². The van der Waals surface area contributed by atoms with Gasteiger partial charge in [-0.25, -0.2) is 4.79 Å². The van der Waals surface area contributed by atoms with Gasteiger partial charge in [0.05, 0.1) is 17.1 Å². The number of piperidine rings is 1. The molecule has 2 aliphatic rings. The monoisotopic (exact) mass is 510 g/mol. The van der Waals surface area contributed by atoms with Gasteiger partial charge in [-0.1, -0.05) is 54.6 Å². The Bertz CT molecular complexity index is 1450. The lowest BCUT2D eigenvalue weighted by Gasteiger charge is -2.32. The maximum atomic E-state index is 13.2. The molecule has 1 amide bonds. The number of aliphatic hydroxyl groups excluding tert-OH is 1. The number of hydrogen-bond donors (Lipinski definition) is 3. The van der Waals surface area contributed by atoms with Crippen LogP contribution in [0.15, 0.2) is 83.7 Å². The zero-order valence-electron chi connectivity index (χ0n) is 21.4. The fourth-order valence-corrected chi connectivity index (χ4v) is 6.16. The molecule has 6 rings (SSSR count). The number of nitrogens with one attached hydrogen (secondary N) is 2. The van der Waals surface area contributed by atoms with E-state index in [-0.39, 0.29) is 23.7 Å². The van der Waals surface area contributed by atoms with E-state index in [0.29, 0.717) is 24.7 Å². The standard InChI is InChI=1S/C31H34N4O3/c36-29(22-6-2-1-3-7-22)27-15-14-24(32-27)20-21-10-12-23(13-11-21)30(37)34-18-16-25(17-19-34)35-28-9-5-4-8-26(28)33-31(35)38/h1-13,24-25,27,29,32,36H,14-20H2,(H,33,38)/t24-,27+,29+/m0/s1. The first kappa shape index (κ1) is 24.6. The van der Waals surface area contributed by atoms with Crippen LogP contribution in [0, 0.1) is 0 Å². The first-order valence-electron chi connectivity index (χ1n) is 13.6. The maximum absolute atomic E-state index is 13.2. The molecule has 38 heavy (non-hydrogen) atoms. The van der Waals surface area contributed by atoms with Crippen molar-refractivity contribution in [2.24, 2.45) is 0 Å². The van der Waals surface area contributed by atoms with Crippen LogP contribution < -0.4 is 11.0 Å². The van der Waals surface area contributed by atoms with E-state index in [1.165, 1.54) is 5.56 Å². The van der Waals surface area contributed by atoms with Gasteiger partial charge in [0.15, 0.2) is 0 Å². The van der Waals surface area contributed by atoms with Crippen LogP contribution in [0.3, 0.4) is 0 Å². The molecule has 7 nitrogen and oxygen atoms in total. The first-order chi connectivity index (χ1) is 18.6. The Balaban J connectivity index is 1.03. The van der Waals surface area contributed by atoms with Crippen molar-refractivity contribution in [3.63, 3.8) is 0 Å². The average Bonchev–Trinajstić information content (AvgIpc) is 3.56. The lowest BCUT2D eigenvalue weighted by atomic mass is 10.00. The van der Waals surface area contributed by atoms with Gasteiger partial charge in [-0.05, 0) is 67.5 Å². The quantitative estimate of drug-likeness (QED) is 0.363. The number of aromatic nitrogens is 2. The lowest BCUT2D eigenvalue weighted by molar-refractivity contribution is 0.0695. The molecule has 0 radical (unpaired) electrons. The van der Waals surface area contributed by atoms with E-state index in [1.807, 2.05) is 88.3 Å². The van der Waals surface area contributed by atoms with Crippen molar-refractivity contribution >= 4 is 16.9 Å². The predicted molar refractivity (Wildman–Crippen MR) is 148 cm³/mol. The van der Waals surface area contributed by atoms with E-state index in [4.69, 9.17) is 0 Å². The van der Waals surface area contributed by atoms with Gasteiger partial charge in [-0.15, -0.1) is 0 Å². The zero-order chi connectivity index (χ0) is 26.1. The summed E-state index contributed by atoms with van der Waals surface area (Å²) in [5.74, 6) is 0.0475. The van der Waals surface area contributed by atoms with Gasteiger partial charge in [-0.2, -0.15) is 0 Å². The highest BCUT2D eigenvalue weighted by Crippen LogP contribution is 2.28. The summed E-state index contributed by atoms with van der Waals surface area (Å²) in [5.41, 5.74) is 4.54. The van der Waals surface area contributed by atoms with E-state index >= 15 is 0 Å². The van der Waals surface area contributed by atoms with Crippen molar-refractivity contribution in [1.29, 1.82) is 0 Å². The fraction of sp³-hybridized carbons (Fsp3) is 0.355. The van der Waals surface area contributed by atoms with Gasteiger partial charge in [0.25, 0.3) is 5.91 Å². The van der Waals surface area contributed by atoms with Crippen LogP contribution in [0.5, 0.6) is 0 Å². The summed E-state index contributed by atoms with van der Waals surface area (Å²) in [6.07, 6.45) is 3.85. The Morgan fingerprint density at radius 3 is 2.37 bits per heavy atom. The van der Waals surface area contributed by atoms with E-state index in [9.17, 15) is 14.7 Å². The summed E-state index contributed by atoms with van der Waals surface area (Å²) in [4.78, 5) is 30.6. The van der Waals surface area contributed by atoms with Crippen molar-refractivity contribution in [2.75, 3.05) is 13.1 Å². The zero-order valence-corrected chi connectivity index (χ0v) is 21.4. The summed E-state index contributed by atoms with van der Waals surface area (Å²) in [7, 11) is 0. The normalized spacial score (nSPS) is 21.1. The smallest absolute Gasteiger partial charge is 0.326 e. The highest BCUT2D eigenvalue weighted by Gasteiger charge is 2.30. The molecule has 3 atom stereocenters. The molecule has 2 fully saturated rings. The number of hydrogen-bond acceptors (Lipinski definition) is 4. The van der Waals surface area contributed by atoms with Crippen molar-refractivity contribution in [1.82, 2.24) is 19.8 Å². The lowest BCUT2D eigenvalue weighted by Crippen LogP contribution is -2.40. The molecule has 0 saturated carbocycles. The van der Waals surface area contributed by atoms with Crippen molar-refractivity contribution in [3.8, 4) is 0 Å². The van der Waals surface area contributed by atoms with Crippen LogP contribution in [0.1, 0.15) is 59.3 Å². The van der Waals surface area contributed by atoms with Crippen LogP contribution in [0.2, 0.25) is 0 Å². The van der Waals surface area contributed by atoms with Gasteiger partial charge in [0.1, 0.15) is 0 Å². The SMILES string of the molecule is O=C(c1ccc(C[C@@H]2CC[C@H]([C@H](O)c3ccccc3)N2)cc1)N1CCC(n2c(=O)[nH]c3ccccc32)CC1. The molecule has 0 bridgehead atoms. The number of amides is 1. The largest absolute Gasteiger partial charge is 0.387 e. The number of likely N-dealkylation sites (tertiary alicyclic amines) is 1. The molecule has 3 heterocycles. The number of aliphatic hydroxyl groups is 1. The molecule has 196 valence electrons. The molecule has 3 aromatic carbocycles. The molecule has 0 spiro atoms. The Hall–Kier alpha value is -3.68. The van der Waals surface area contributed by atoms with Crippen LogP contribution in [-0.2, 0) is 6.42 Å². The number of nitrogens with zero attached hydrogens (tertiary/aromatic N) is 2. The number of imidazole rings is 1. The minimum atomic E-state index is -0.500.